The number of hydrogen-bond acceptors (Lipinski definition) is 14. The number of esters is 2. The Morgan fingerprint density at radius 1 is 0.851 bits per heavy atom. The molecule has 3 aromatic carbocycles. The van der Waals surface area contributed by atoms with E-state index in [1.165, 1.54) is 65.2 Å². The zero-order valence-electron chi connectivity index (χ0n) is 38.9. The number of anilines is 1. The summed E-state index contributed by atoms with van der Waals surface area (Å²) in [6.07, 6.45) is 3.13. The predicted molar refractivity (Wildman–Crippen MR) is 248 cm³/mol. The van der Waals surface area contributed by atoms with Crippen LogP contribution < -0.4 is 20.1 Å². The van der Waals surface area contributed by atoms with Crippen LogP contribution in [0.3, 0.4) is 0 Å². The number of carbonyl (C=O) groups excluding carboxylic acids is 6. The van der Waals surface area contributed by atoms with Crippen LogP contribution in [0.15, 0.2) is 96.1 Å². The summed E-state index contributed by atoms with van der Waals surface area (Å²) in [6, 6.07) is 12.9. The number of Topliss-reactive ketones (excluding diaryl/α,β-unsaturated/α-hetero) is 3. The number of amides is 1. The zero-order valence-corrected chi connectivity index (χ0v) is 39.6. The van der Waals surface area contributed by atoms with Crippen LogP contribution in [0.5, 0.6) is 11.5 Å². The average molecular weight is 939 g/mol. The van der Waals surface area contributed by atoms with E-state index in [-0.39, 0.29) is 33.0 Å². The molecule has 15 nitrogen and oxygen atoms in total. The van der Waals surface area contributed by atoms with Gasteiger partial charge in [0.15, 0.2) is 0 Å². The monoisotopic (exact) mass is 938 g/mol. The van der Waals surface area contributed by atoms with Crippen molar-refractivity contribution in [3.8, 4) is 11.5 Å². The number of benzene rings is 3. The summed E-state index contributed by atoms with van der Waals surface area (Å²) in [5, 5.41) is 28.7. The fourth-order valence-electron chi connectivity index (χ4n) is 8.48. The molecule has 0 aromatic heterocycles. The van der Waals surface area contributed by atoms with Gasteiger partial charge in [0.2, 0.25) is 11.6 Å². The third-order valence-corrected chi connectivity index (χ3v) is 12.9. The summed E-state index contributed by atoms with van der Waals surface area (Å²) in [6.45, 7) is 14.1. The number of methoxy groups -OCH3 is 1. The minimum atomic E-state index is -2.19. The Morgan fingerprint density at radius 3 is 2.16 bits per heavy atom. The van der Waals surface area contributed by atoms with E-state index in [0.717, 1.165) is 11.8 Å². The highest BCUT2D eigenvalue weighted by Gasteiger charge is 2.53. The highest BCUT2D eigenvalue weighted by molar-refractivity contribution is 6.34. The van der Waals surface area contributed by atoms with Gasteiger partial charge in [-0.1, -0.05) is 87.4 Å². The maximum Gasteiger partial charge on any atom is 0.345 e. The summed E-state index contributed by atoms with van der Waals surface area (Å²) in [7, 11) is 1.41. The lowest BCUT2D eigenvalue weighted by atomic mass is 9.78. The van der Waals surface area contributed by atoms with Crippen LogP contribution in [-0.4, -0.2) is 82.7 Å². The van der Waals surface area contributed by atoms with Crippen LogP contribution in [-0.2, 0) is 23.8 Å². The first-order valence-corrected chi connectivity index (χ1v) is 22.1. The number of rotatable bonds is 6. The van der Waals surface area contributed by atoms with E-state index in [2.05, 4.69) is 10.6 Å². The van der Waals surface area contributed by atoms with Gasteiger partial charge in [-0.2, -0.15) is 0 Å². The highest BCUT2D eigenvalue weighted by Crippen LogP contribution is 2.49. The number of fused-ring (bicyclic) bond motifs is 14. The number of nitrogens with one attached hydrogen (secondary N) is 2. The maximum absolute atomic E-state index is 15.2. The third-order valence-electron chi connectivity index (χ3n) is 12.5. The van der Waals surface area contributed by atoms with Gasteiger partial charge in [-0.3, -0.25) is 24.0 Å². The van der Waals surface area contributed by atoms with Crippen molar-refractivity contribution in [3.63, 3.8) is 0 Å². The maximum atomic E-state index is 15.2. The van der Waals surface area contributed by atoms with Crippen molar-refractivity contribution < 1.29 is 62.7 Å². The fraction of sp³-hybridized carbons (Fsp3) is 0.373. The largest absolute Gasteiger partial charge is 0.462 e. The average Bonchev–Trinajstić information content (AvgIpc) is 3.56. The Hall–Kier alpha value is -6.39. The Balaban J connectivity index is 1.57. The van der Waals surface area contributed by atoms with Crippen molar-refractivity contribution in [2.45, 2.75) is 92.5 Å². The van der Waals surface area contributed by atoms with Gasteiger partial charge in [-0.15, -0.1) is 0 Å². The lowest BCUT2D eigenvalue weighted by molar-refractivity contribution is -0.160. The molecule has 4 aliphatic rings. The molecule has 7 rings (SSSR count). The Kier molecular flexibility index (Phi) is 15.1. The number of ketones is 3. The number of aliphatic hydroxyl groups is 2. The fourth-order valence-corrected chi connectivity index (χ4v) is 8.69. The summed E-state index contributed by atoms with van der Waals surface area (Å²) in [5.74, 6) is -10.7. The van der Waals surface area contributed by atoms with Crippen molar-refractivity contribution in [2.75, 3.05) is 12.4 Å². The summed E-state index contributed by atoms with van der Waals surface area (Å²) >= 11 is 6.38. The molecular formula is C51H55ClN2O13. The van der Waals surface area contributed by atoms with Gasteiger partial charge in [-0.05, 0) is 51.1 Å². The van der Waals surface area contributed by atoms with E-state index in [9.17, 15) is 29.4 Å². The van der Waals surface area contributed by atoms with Crippen LogP contribution in [0, 0.1) is 37.5 Å². The molecule has 3 heterocycles. The second kappa shape index (κ2) is 20.2. The predicted octanol–water partition coefficient (Wildman–Crippen LogP) is 7.55. The van der Waals surface area contributed by atoms with E-state index < -0.39 is 117 Å². The topological polar surface area (TPSA) is 213 Å². The second-order valence-corrected chi connectivity index (χ2v) is 17.8. The van der Waals surface area contributed by atoms with Gasteiger partial charge in [0.05, 0.1) is 51.9 Å². The molecule has 0 radical (unpaired) electrons. The first-order valence-electron chi connectivity index (χ1n) is 21.8. The van der Waals surface area contributed by atoms with Gasteiger partial charge in [0.1, 0.15) is 29.0 Å². The Labute approximate surface area is 393 Å². The number of halogens is 1. The van der Waals surface area contributed by atoms with Crippen LogP contribution in [0.4, 0.5) is 5.69 Å². The normalized spacial score (nSPS) is 26.9. The standard InChI is InChI=1S/C51H55ClN2O13/c1-24-18-20-32(21-19-24)53-39-40-44(59)37-36(43(39)58)38-47(30(7)46(37)66-50(62)33-16-11-12-17-34(33)52)67-51(9,48(38)60)64-23-22-35(63-10)27(4)45(65-31(8)55)29(6)42(57)28(5)41(56)25(2)14-13-15-26(3)49(61)54-40/h11-23,25,27-29,35,41-42,45,53,56-57H,1-10H3,(H,54,61). The molecule has 354 valence electrons. The van der Waals surface area contributed by atoms with Crippen LogP contribution in [0.25, 0.3) is 0 Å². The summed E-state index contributed by atoms with van der Waals surface area (Å²) in [5.41, 5.74) is -1.01. The van der Waals surface area contributed by atoms with E-state index >= 15 is 9.59 Å². The molecule has 67 heavy (non-hydrogen) atoms. The first kappa shape index (κ1) is 50.0. The molecule has 5 bridgehead atoms. The van der Waals surface area contributed by atoms with Gasteiger partial charge in [0.25, 0.3) is 11.7 Å². The minimum absolute atomic E-state index is 0.0296. The van der Waals surface area contributed by atoms with E-state index in [4.69, 9.17) is 35.3 Å². The SMILES string of the molecule is COC1C=COC2(C)Oc3c(C)c(OC(=O)c4ccccc4Cl)c4c(c3C2=O)C(=O)C(Nc2ccc(C)cc2)=C(NC(=O)C(C)=CC=CC(C)C(O)C(C)C(O)C(C)C(OC(C)=O)C1C)C4=O. The molecule has 16 heteroatoms. The van der Waals surface area contributed by atoms with Crippen molar-refractivity contribution in [2.24, 2.45) is 23.7 Å². The molecule has 0 spiro atoms. The van der Waals surface area contributed by atoms with Crippen LogP contribution >= 0.6 is 11.6 Å². The molecule has 9 unspecified atom stereocenters. The first-order chi connectivity index (χ1) is 31.6. The second-order valence-electron chi connectivity index (χ2n) is 17.4. The Morgan fingerprint density at radius 2 is 1.52 bits per heavy atom. The number of carbonyl (C=O) groups is 6. The lowest BCUT2D eigenvalue weighted by Crippen LogP contribution is -2.46. The Bertz CT molecular complexity index is 2630. The van der Waals surface area contributed by atoms with Gasteiger partial charge < -0.3 is 44.5 Å². The molecule has 3 aromatic rings. The van der Waals surface area contributed by atoms with Crippen LogP contribution in [0.1, 0.15) is 101 Å². The quantitative estimate of drug-likeness (QED) is 0.139. The molecule has 0 saturated heterocycles. The van der Waals surface area contributed by atoms with Crippen LogP contribution in [0.2, 0.25) is 5.02 Å². The summed E-state index contributed by atoms with van der Waals surface area (Å²) < 4.78 is 29.9. The number of aryl methyl sites for hydroxylation is 1. The molecule has 3 aliphatic heterocycles. The molecule has 9 atom stereocenters. The minimum Gasteiger partial charge on any atom is -0.462 e. The molecular weight excluding hydrogens is 884 g/mol. The van der Waals surface area contributed by atoms with Gasteiger partial charge in [0, 0.05) is 61.5 Å². The molecule has 0 fully saturated rings. The molecule has 4 N–H and O–H groups in total. The lowest BCUT2D eigenvalue weighted by Gasteiger charge is -2.38. The summed E-state index contributed by atoms with van der Waals surface area (Å²) in [4.78, 5) is 85.5. The molecule has 1 amide bonds. The van der Waals surface area contributed by atoms with Crippen molar-refractivity contribution in [3.05, 3.63) is 134 Å². The van der Waals surface area contributed by atoms with E-state index in [0.29, 0.717) is 5.69 Å². The van der Waals surface area contributed by atoms with Crippen molar-refractivity contribution in [1.82, 2.24) is 5.32 Å². The van der Waals surface area contributed by atoms with Crippen molar-refractivity contribution >= 4 is 52.5 Å². The third kappa shape index (κ3) is 10.0. The zero-order chi connectivity index (χ0) is 49.2. The van der Waals surface area contributed by atoms with E-state index in [1.54, 1.807) is 70.2 Å². The number of aliphatic hydroxyl groups excluding tert-OH is 2. The highest BCUT2D eigenvalue weighted by atomic mass is 35.5. The van der Waals surface area contributed by atoms with Gasteiger partial charge in [-0.25, -0.2) is 4.79 Å². The van der Waals surface area contributed by atoms with E-state index in [1.807, 2.05) is 6.92 Å². The van der Waals surface area contributed by atoms with Gasteiger partial charge >= 0.3 is 17.7 Å². The smallest absolute Gasteiger partial charge is 0.345 e. The van der Waals surface area contributed by atoms with Crippen molar-refractivity contribution in [1.29, 1.82) is 0 Å². The number of allylic oxidation sites excluding steroid dienone is 4. The molecule has 0 saturated carbocycles. The molecule has 1 aliphatic carbocycles. The number of hydrogen-bond donors (Lipinski definition) is 4. The number of ether oxygens (including phenoxy) is 5.